The van der Waals surface area contributed by atoms with E-state index in [2.05, 4.69) is 15.9 Å². The van der Waals surface area contributed by atoms with Gasteiger partial charge in [0.2, 0.25) is 0 Å². The van der Waals surface area contributed by atoms with Crippen LogP contribution in [-0.4, -0.2) is 5.78 Å². The first-order valence-electron chi connectivity index (χ1n) is 6.05. The van der Waals surface area contributed by atoms with E-state index in [4.69, 9.17) is 4.74 Å². The van der Waals surface area contributed by atoms with Gasteiger partial charge in [0.25, 0.3) is 0 Å². The quantitative estimate of drug-likeness (QED) is 0.774. The molecule has 0 radical (unpaired) electrons. The van der Waals surface area contributed by atoms with E-state index in [-0.39, 0.29) is 5.78 Å². The summed E-state index contributed by atoms with van der Waals surface area (Å²) in [7, 11) is 0. The fourth-order valence-electron chi connectivity index (χ4n) is 1.82. The van der Waals surface area contributed by atoms with Gasteiger partial charge in [-0.15, -0.1) is 0 Å². The molecule has 3 heteroatoms. The van der Waals surface area contributed by atoms with Crippen molar-refractivity contribution in [1.29, 1.82) is 0 Å². The van der Waals surface area contributed by atoms with E-state index < -0.39 is 0 Å². The number of carbonyl (C=O) groups excluding carboxylic acids is 1. The zero-order valence-electron chi connectivity index (χ0n) is 10.9. The molecule has 0 unspecified atom stereocenters. The number of benzene rings is 2. The molecule has 0 fully saturated rings. The normalized spacial score (nSPS) is 10.3. The highest BCUT2D eigenvalue weighted by Gasteiger charge is 2.10. The number of ketones is 1. The minimum Gasteiger partial charge on any atom is -0.489 e. The molecule has 19 heavy (non-hydrogen) atoms. The summed E-state index contributed by atoms with van der Waals surface area (Å²) in [5.74, 6) is 0.838. The Kier molecular flexibility index (Phi) is 4.38. The van der Waals surface area contributed by atoms with Crippen LogP contribution in [0.4, 0.5) is 0 Å². The van der Waals surface area contributed by atoms with Crippen LogP contribution in [0.2, 0.25) is 0 Å². The highest BCUT2D eigenvalue weighted by molar-refractivity contribution is 9.10. The molecule has 0 aliphatic rings. The minimum absolute atomic E-state index is 0.0459. The van der Waals surface area contributed by atoms with E-state index in [9.17, 15) is 4.79 Å². The molecule has 98 valence electrons. The van der Waals surface area contributed by atoms with E-state index in [1.165, 1.54) is 0 Å². The monoisotopic (exact) mass is 318 g/mol. The topological polar surface area (TPSA) is 26.3 Å². The molecular weight excluding hydrogens is 304 g/mol. The smallest absolute Gasteiger partial charge is 0.160 e. The zero-order valence-corrected chi connectivity index (χ0v) is 12.5. The minimum atomic E-state index is 0.0459. The van der Waals surface area contributed by atoms with E-state index in [1.54, 1.807) is 6.92 Å². The number of ether oxygens (including phenoxy) is 1. The molecule has 0 bridgehead atoms. The molecule has 0 spiro atoms. The number of carbonyl (C=O) groups is 1. The molecule has 0 saturated carbocycles. The number of aryl methyl sites for hydroxylation is 1. The lowest BCUT2D eigenvalue weighted by Crippen LogP contribution is -2.00. The summed E-state index contributed by atoms with van der Waals surface area (Å²) in [5.41, 5.74) is 2.77. The maximum atomic E-state index is 11.4. The van der Waals surface area contributed by atoms with Crippen LogP contribution in [0.25, 0.3) is 0 Å². The molecule has 0 aliphatic heterocycles. The summed E-state index contributed by atoms with van der Waals surface area (Å²) in [4.78, 5) is 11.4. The van der Waals surface area contributed by atoms with Gasteiger partial charge in [-0.05, 0) is 53.0 Å². The van der Waals surface area contributed by atoms with Gasteiger partial charge in [-0.25, -0.2) is 0 Å². The lowest BCUT2D eigenvalue weighted by atomic mass is 10.1. The summed E-state index contributed by atoms with van der Waals surface area (Å²) < 4.78 is 6.57. The molecule has 0 amide bonds. The van der Waals surface area contributed by atoms with Crippen molar-refractivity contribution in [3.8, 4) is 5.75 Å². The fraction of sp³-hybridized carbons (Fsp3) is 0.188. The molecule has 0 aromatic heterocycles. The van der Waals surface area contributed by atoms with Crippen molar-refractivity contribution in [2.45, 2.75) is 20.5 Å². The number of hydrogen-bond donors (Lipinski definition) is 0. The summed E-state index contributed by atoms with van der Waals surface area (Å²) in [5, 5.41) is 0. The Bertz CT molecular complexity index is 591. The third kappa shape index (κ3) is 3.44. The largest absolute Gasteiger partial charge is 0.489 e. The molecular formula is C16H15BrO2. The SMILES string of the molecule is CC(=O)c1cc(C)c(OCc2ccccc2)cc1Br. The Morgan fingerprint density at radius 2 is 1.89 bits per heavy atom. The molecule has 0 atom stereocenters. The van der Waals surface area contributed by atoms with Crippen LogP contribution in [-0.2, 0) is 6.61 Å². The van der Waals surface area contributed by atoms with Crippen molar-refractivity contribution in [2.24, 2.45) is 0 Å². The summed E-state index contributed by atoms with van der Waals surface area (Å²) in [6, 6.07) is 13.7. The molecule has 2 aromatic carbocycles. The van der Waals surface area contributed by atoms with Crippen LogP contribution in [0.15, 0.2) is 46.9 Å². The second-order valence-corrected chi connectivity index (χ2v) is 5.28. The maximum Gasteiger partial charge on any atom is 0.160 e. The van der Waals surface area contributed by atoms with E-state index in [1.807, 2.05) is 49.4 Å². The highest BCUT2D eigenvalue weighted by atomic mass is 79.9. The van der Waals surface area contributed by atoms with Crippen LogP contribution in [0, 0.1) is 6.92 Å². The van der Waals surface area contributed by atoms with Crippen molar-refractivity contribution >= 4 is 21.7 Å². The van der Waals surface area contributed by atoms with Gasteiger partial charge in [-0.2, -0.15) is 0 Å². The Morgan fingerprint density at radius 3 is 2.53 bits per heavy atom. The fourth-order valence-corrected chi connectivity index (χ4v) is 2.43. The Balaban J connectivity index is 2.17. The number of Topliss-reactive ketones (excluding diaryl/α,β-unsaturated/α-hetero) is 1. The average Bonchev–Trinajstić information content (AvgIpc) is 2.40. The lowest BCUT2D eigenvalue weighted by Gasteiger charge is -2.11. The third-order valence-electron chi connectivity index (χ3n) is 2.88. The Labute approximate surface area is 121 Å². The zero-order chi connectivity index (χ0) is 13.8. The predicted molar refractivity (Wildman–Crippen MR) is 79.7 cm³/mol. The number of halogens is 1. The van der Waals surface area contributed by atoms with Crippen molar-refractivity contribution in [3.05, 3.63) is 63.6 Å². The van der Waals surface area contributed by atoms with Crippen molar-refractivity contribution in [1.82, 2.24) is 0 Å². The number of rotatable bonds is 4. The third-order valence-corrected chi connectivity index (χ3v) is 3.54. The molecule has 2 nitrogen and oxygen atoms in total. The van der Waals surface area contributed by atoms with E-state index >= 15 is 0 Å². The van der Waals surface area contributed by atoms with Gasteiger partial charge in [0.05, 0.1) is 0 Å². The van der Waals surface area contributed by atoms with Gasteiger partial charge in [0.1, 0.15) is 12.4 Å². The summed E-state index contributed by atoms with van der Waals surface area (Å²) >= 11 is 3.41. The second kappa shape index (κ2) is 6.02. The number of hydrogen-bond acceptors (Lipinski definition) is 2. The molecule has 0 N–H and O–H groups in total. The highest BCUT2D eigenvalue weighted by Crippen LogP contribution is 2.28. The second-order valence-electron chi connectivity index (χ2n) is 4.43. The lowest BCUT2D eigenvalue weighted by molar-refractivity contribution is 0.101. The van der Waals surface area contributed by atoms with Crippen molar-refractivity contribution in [2.75, 3.05) is 0 Å². The predicted octanol–water partition coefficient (Wildman–Crippen LogP) is 4.54. The van der Waals surface area contributed by atoms with Gasteiger partial charge < -0.3 is 4.74 Å². The van der Waals surface area contributed by atoms with Gasteiger partial charge in [-0.1, -0.05) is 30.3 Å². The van der Waals surface area contributed by atoms with Crippen LogP contribution in [0.1, 0.15) is 28.4 Å². The van der Waals surface area contributed by atoms with E-state index in [0.717, 1.165) is 21.3 Å². The Morgan fingerprint density at radius 1 is 1.21 bits per heavy atom. The van der Waals surface area contributed by atoms with Crippen molar-refractivity contribution in [3.63, 3.8) is 0 Å². The summed E-state index contributed by atoms with van der Waals surface area (Å²) in [6.07, 6.45) is 0. The summed E-state index contributed by atoms with van der Waals surface area (Å²) in [6.45, 7) is 4.02. The van der Waals surface area contributed by atoms with Gasteiger partial charge >= 0.3 is 0 Å². The van der Waals surface area contributed by atoms with Crippen molar-refractivity contribution < 1.29 is 9.53 Å². The maximum absolute atomic E-state index is 11.4. The van der Waals surface area contributed by atoms with Gasteiger partial charge in [0.15, 0.2) is 5.78 Å². The van der Waals surface area contributed by atoms with Gasteiger partial charge in [0, 0.05) is 10.0 Å². The molecule has 0 heterocycles. The molecule has 2 rings (SSSR count). The molecule has 2 aromatic rings. The average molecular weight is 319 g/mol. The van der Waals surface area contributed by atoms with Crippen LogP contribution >= 0.6 is 15.9 Å². The molecule has 0 saturated heterocycles. The first-order chi connectivity index (χ1) is 9.08. The van der Waals surface area contributed by atoms with E-state index in [0.29, 0.717) is 12.2 Å². The van der Waals surface area contributed by atoms with Crippen LogP contribution < -0.4 is 4.74 Å². The van der Waals surface area contributed by atoms with Crippen LogP contribution in [0.5, 0.6) is 5.75 Å². The van der Waals surface area contributed by atoms with Crippen LogP contribution in [0.3, 0.4) is 0 Å². The van der Waals surface area contributed by atoms with Gasteiger partial charge in [-0.3, -0.25) is 4.79 Å². The first-order valence-corrected chi connectivity index (χ1v) is 6.85. The Hall–Kier alpha value is -1.61. The molecule has 0 aliphatic carbocycles. The standard InChI is InChI=1S/C16H15BrO2/c1-11-8-14(12(2)18)15(17)9-16(11)19-10-13-6-4-3-5-7-13/h3-9H,10H2,1-2H3. The first kappa shape index (κ1) is 13.8.